The molecule has 3 rings (SSSR count). The van der Waals surface area contributed by atoms with Crippen LogP contribution in [0.1, 0.15) is 31.9 Å². The number of para-hydroxylation sites is 1. The van der Waals surface area contributed by atoms with Gasteiger partial charge in [-0.1, -0.05) is 51.1 Å². The monoisotopic (exact) mass is 364 g/mol. The Morgan fingerprint density at radius 2 is 1.56 bits per heavy atom. The molecule has 5 heteroatoms. The molecule has 0 fully saturated rings. The third-order valence-corrected chi connectivity index (χ3v) is 4.68. The molecule has 0 bridgehead atoms. The zero-order valence-electron chi connectivity index (χ0n) is 16.3. The number of rotatable bonds is 4. The minimum atomic E-state index is -0.360. The first-order valence-electron chi connectivity index (χ1n) is 8.81. The Kier molecular flexibility index (Phi) is 4.79. The Bertz CT molecular complexity index is 921. The van der Waals surface area contributed by atoms with Gasteiger partial charge in [0, 0.05) is 18.3 Å². The summed E-state index contributed by atoms with van der Waals surface area (Å²) in [5.74, 6) is -0.162. The smallest absolute Gasteiger partial charge is 0.277 e. The van der Waals surface area contributed by atoms with Crippen LogP contribution < -0.4 is 10.1 Å². The lowest BCUT2D eigenvalue weighted by atomic mass is 9.87. The van der Waals surface area contributed by atoms with Gasteiger partial charge in [0.25, 0.3) is 11.8 Å². The Morgan fingerprint density at radius 3 is 2.15 bits per heavy atom. The Hall–Kier alpha value is -3.08. The average molecular weight is 364 g/mol. The van der Waals surface area contributed by atoms with Crippen molar-refractivity contribution in [2.24, 2.45) is 0 Å². The summed E-state index contributed by atoms with van der Waals surface area (Å²) >= 11 is 0. The van der Waals surface area contributed by atoms with Crippen molar-refractivity contribution in [3.05, 3.63) is 65.4 Å². The molecular formula is C22H24N2O3. The quantitative estimate of drug-likeness (QED) is 0.838. The molecule has 0 aliphatic carbocycles. The van der Waals surface area contributed by atoms with Crippen LogP contribution >= 0.6 is 0 Å². The predicted octanol–water partition coefficient (Wildman–Crippen LogP) is 3.81. The number of ether oxygens (including phenoxy) is 1. The van der Waals surface area contributed by atoms with E-state index in [2.05, 4.69) is 26.1 Å². The van der Waals surface area contributed by atoms with Gasteiger partial charge >= 0.3 is 0 Å². The van der Waals surface area contributed by atoms with E-state index in [0.29, 0.717) is 16.9 Å². The maximum absolute atomic E-state index is 12.7. The molecule has 140 valence electrons. The lowest BCUT2D eigenvalue weighted by Crippen LogP contribution is -2.27. The molecule has 2 aromatic carbocycles. The van der Waals surface area contributed by atoms with E-state index < -0.39 is 0 Å². The first kappa shape index (κ1) is 18.7. The molecule has 27 heavy (non-hydrogen) atoms. The molecule has 0 spiro atoms. The van der Waals surface area contributed by atoms with E-state index in [1.165, 1.54) is 12.6 Å². The van der Waals surface area contributed by atoms with Gasteiger partial charge in [-0.05, 0) is 29.2 Å². The number of benzene rings is 2. The Balaban J connectivity index is 2.05. The highest BCUT2D eigenvalue weighted by atomic mass is 16.5. The van der Waals surface area contributed by atoms with Gasteiger partial charge < -0.3 is 10.1 Å². The van der Waals surface area contributed by atoms with Gasteiger partial charge in [0.1, 0.15) is 11.4 Å². The van der Waals surface area contributed by atoms with E-state index in [4.69, 9.17) is 4.74 Å². The van der Waals surface area contributed by atoms with Crippen LogP contribution in [0.5, 0.6) is 5.75 Å². The zero-order chi connectivity index (χ0) is 19.8. The fraction of sp³-hybridized carbons (Fsp3) is 0.273. The number of nitrogens with zero attached hydrogens (tertiary/aromatic N) is 1. The summed E-state index contributed by atoms with van der Waals surface area (Å²) < 4.78 is 5.38. The van der Waals surface area contributed by atoms with Crippen LogP contribution in [0.3, 0.4) is 0 Å². The van der Waals surface area contributed by atoms with Crippen LogP contribution in [-0.4, -0.2) is 30.9 Å². The maximum Gasteiger partial charge on any atom is 0.277 e. The molecule has 0 atom stereocenters. The van der Waals surface area contributed by atoms with Crippen molar-refractivity contribution in [3.8, 4) is 5.75 Å². The van der Waals surface area contributed by atoms with Crippen LogP contribution in [0.15, 0.2) is 54.2 Å². The molecule has 5 nitrogen and oxygen atoms in total. The summed E-state index contributed by atoms with van der Waals surface area (Å²) in [5.41, 5.74) is 3.16. The van der Waals surface area contributed by atoms with Gasteiger partial charge in [-0.15, -0.1) is 0 Å². The van der Waals surface area contributed by atoms with Crippen molar-refractivity contribution in [3.63, 3.8) is 0 Å². The van der Waals surface area contributed by atoms with Crippen LogP contribution in [-0.2, 0) is 15.0 Å². The first-order valence-corrected chi connectivity index (χ1v) is 8.81. The largest absolute Gasteiger partial charge is 0.496 e. The number of nitrogens with one attached hydrogen (secondary N) is 1. The number of carbonyl (C=O) groups excluding carboxylic acids is 2. The molecule has 0 radical (unpaired) electrons. The maximum atomic E-state index is 12.7. The molecule has 2 amide bonds. The van der Waals surface area contributed by atoms with Crippen LogP contribution in [0.25, 0.3) is 5.57 Å². The number of methoxy groups -OCH3 is 1. The van der Waals surface area contributed by atoms with Gasteiger partial charge in [0.05, 0.1) is 12.7 Å². The second-order valence-corrected chi connectivity index (χ2v) is 7.57. The van der Waals surface area contributed by atoms with E-state index >= 15 is 0 Å². The van der Waals surface area contributed by atoms with Crippen molar-refractivity contribution >= 4 is 23.1 Å². The fourth-order valence-electron chi connectivity index (χ4n) is 3.06. The third-order valence-electron chi connectivity index (χ3n) is 4.68. The van der Waals surface area contributed by atoms with Crippen LogP contribution in [0.2, 0.25) is 0 Å². The lowest BCUT2D eigenvalue weighted by Gasteiger charge is -2.19. The van der Waals surface area contributed by atoms with Crippen molar-refractivity contribution in [1.82, 2.24) is 4.90 Å². The van der Waals surface area contributed by atoms with Gasteiger partial charge in [-0.25, -0.2) is 0 Å². The first-order chi connectivity index (χ1) is 12.7. The molecular weight excluding hydrogens is 340 g/mol. The van der Waals surface area contributed by atoms with Crippen molar-refractivity contribution in [1.29, 1.82) is 0 Å². The predicted molar refractivity (Wildman–Crippen MR) is 106 cm³/mol. The van der Waals surface area contributed by atoms with E-state index in [0.717, 1.165) is 10.6 Å². The molecule has 1 aliphatic heterocycles. The fourth-order valence-corrected chi connectivity index (χ4v) is 3.06. The number of amides is 2. The number of imide groups is 1. The van der Waals surface area contributed by atoms with Crippen LogP contribution in [0.4, 0.5) is 5.69 Å². The van der Waals surface area contributed by atoms with E-state index in [9.17, 15) is 9.59 Å². The molecule has 1 N–H and O–H groups in total. The number of anilines is 1. The zero-order valence-corrected chi connectivity index (χ0v) is 16.3. The molecule has 2 aromatic rings. The highest BCUT2D eigenvalue weighted by Crippen LogP contribution is 2.34. The minimum absolute atomic E-state index is 0.0414. The minimum Gasteiger partial charge on any atom is -0.496 e. The van der Waals surface area contributed by atoms with E-state index in [1.807, 2.05) is 36.4 Å². The summed E-state index contributed by atoms with van der Waals surface area (Å²) in [4.78, 5) is 26.5. The molecule has 0 unspecified atom stereocenters. The van der Waals surface area contributed by atoms with Crippen LogP contribution in [0, 0.1) is 0 Å². The number of hydrogen-bond acceptors (Lipinski definition) is 4. The van der Waals surface area contributed by atoms with Crippen molar-refractivity contribution in [2.75, 3.05) is 19.5 Å². The Labute approximate surface area is 159 Å². The van der Waals surface area contributed by atoms with Gasteiger partial charge in [0.15, 0.2) is 0 Å². The molecule has 0 saturated heterocycles. The summed E-state index contributed by atoms with van der Waals surface area (Å²) in [5, 5.41) is 3.14. The van der Waals surface area contributed by atoms with Gasteiger partial charge in [0.2, 0.25) is 0 Å². The molecule has 0 saturated carbocycles. The number of carbonyl (C=O) groups is 2. The second kappa shape index (κ2) is 6.91. The van der Waals surface area contributed by atoms with Gasteiger partial charge in [-0.2, -0.15) is 0 Å². The summed E-state index contributed by atoms with van der Waals surface area (Å²) in [7, 11) is 3.03. The topological polar surface area (TPSA) is 58.6 Å². The standard InChI is InChI=1S/C22H24N2O3/c1-22(2,3)14-10-12-15(13-11-14)23-19-18(20(25)24(4)21(19)26)16-8-6-7-9-17(16)27-5/h6-13,23H,1-5H3. The molecule has 0 aromatic heterocycles. The van der Waals surface area contributed by atoms with Gasteiger partial charge in [-0.3, -0.25) is 14.5 Å². The van der Waals surface area contributed by atoms with Crippen molar-refractivity contribution in [2.45, 2.75) is 26.2 Å². The molecule has 1 heterocycles. The SMILES string of the molecule is COc1ccccc1C1=C(Nc2ccc(C(C)(C)C)cc2)C(=O)N(C)C1=O. The molecule has 1 aliphatic rings. The number of hydrogen-bond donors (Lipinski definition) is 1. The van der Waals surface area contributed by atoms with E-state index in [-0.39, 0.29) is 22.9 Å². The lowest BCUT2D eigenvalue weighted by molar-refractivity contribution is -0.135. The van der Waals surface area contributed by atoms with Crippen molar-refractivity contribution < 1.29 is 14.3 Å². The second-order valence-electron chi connectivity index (χ2n) is 7.57. The number of likely N-dealkylation sites (N-methyl/N-ethyl adjacent to an activating group) is 1. The average Bonchev–Trinajstić information content (AvgIpc) is 2.85. The summed E-state index contributed by atoms with van der Waals surface area (Å²) in [6, 6.07) is 15.1. The Morgan fingerprint density at radius 1 is 0.926 bits per heavy atom. The normalized spacial score (nSPS) is 14.8. The summed E-state index contributed by atoms with van der Waals surface area (Å²) in [6.45, 7) is 6.43. The summed E-state index contributed by atoms with van der Waals surface area (Å²) in [6.07, 6.45) is 0. The highest BCUT2D eigenvalue weighted by Gasteiger charge is 2.38. The van der Waals surface area contributed by atoms with E-state index in [1.54, 1.807) is 19.2 Å². The highest BCUT2D eigenvalue weighted by molar-refractivity contribution is 6.36. The third kappa shape index (κ3) is 3.45.